The van der Waals surface area contributed by atoms with Crippen LogP contribution in [0.4, 0.5) is 28.4 Å². The maximum atomic E-state index is 13.6. The third-order valence-electron chi connectivity index (χ3n) is 4.69. The SMILES string of the molecule is CC1(C)CN(C2=NC=C(OC(=O)O)C(N)N2c2cc(C(F)(F)F)cc(C(N)=O)c2Cl)C(=O)N1. The van der Waals surface area contributed by atoms with Gasteiger partial charge in [0, 0.05) is 0 Å². The van der Waals surface area contributed by atoms with Crippen LogP contribution in [0, 0.1) is 0 Å². The smallest absolute Gasteiger partial charge is 0.449 e. The Morgan fingerprint density at radius 3 is 2.48 bits per heavy atom. The minimum atomic E-state index is -4.91. The largest absolute Gasteiger partial charge is 0.511 e. The van der Waals surface area contributed by atoms with Crippen molar-refractivity contribution in [3.63, 3.8) is 0 Å². The summed E-state index contributed by atoms with van der Waals surface area (Å²) in [7, 11) is 0. The summed E-state index contributed by atoms with van der Waals surface area (Å²) in [6, 6.07) is 0.397. The number of carbonyl (C=O) groups excluding carboxylic acids is 2. The fraction of sp³-hybridized carbons (Fsp3) is 0.333. The normalized spacial score (nSPS) is 20.2. The summed E-state index contributed by atoms with van der Waals surface area (Å²) >= 11 is 6.23. The van der Waals surface area contributed by atoms with E-state index < -0.39 is 63.6 Å². The number of urea groups is 1. The number of benzene rings is 1. The number of anilines is 1. The molecular formula is C18H18ClF3N6O5. The molecule has 1 unspecified atom stereocenters. The predicted molar refractivity (Wildman–Crippen MR) is 109 cm³/mol. The molecule has 1 fully saturated rings. The molecule has 0 spiro atoms. The molecule has 2 heterocycles. The molecule has 6 N–H and O–H groups in total. The number of amides is 3. The maximum Gasteiger partial charge on any atom is 0.511 e. The molecule has 1 saturated heterocycles. The van der Waals surface area contributed by atoms with Gasteiger partial charge in [0.2, 0.25) is 11.9 Å². The summed E-state index contributed by atoms with van der Waals surface area (Å²) < 4.78 is 45.2. The second kappa shape index (κ2) is 8.12. The molecule has 0 bridgehead atoms. The molecule has 178 valence electrons. The number of nitrogens with zero attached hydrogens (tertiary/aromatic N) is 3. The van der Waals surface area contributed by atoms with Gasteiger partial charge in [-0.2, -0.15) is 13.2 Å². The number of hydrogen-bond donors (Lipinski definition) is 4. The Labute approximate surface area is 189 Å². The van der Waals surface area contributed by atoms with Crippen molar-refractivity contribution < 1.29 is 37.4 Å². The third-order valence-corrected chi connectivity index (χ3v) is 5.09. The van der Waals surface area contributed by atoms with Crippen molar-refractivity contribution >= 4 is 41.3 Å². The Morgan fingerprint density at radius 2 is 2.00 bits per heavy atom. The molecule has 1 atom stereocenters. The second-order valence-electron chi connectivity index (χ2n) is 7.76. The summed E-state index contributed by atoms with van der Waals surface area (Å²) in [5, 5.41) is 11.1. The Bertz CT molecular complexity index is 1100. The van der Waals surface area contributed by atoms with Gasteiger partial charge in [0.1, 0.15) is 6.17 Å². The van der Waals surface area contributed by atoms with Crippen LogP contribution >= 0.6 is 11.6 Å². The number of aliphatic imine (C=N–C) groups is 1. The van der Waals surface area contributed by atoms with E-state index in [1.165, 1.54) is 0 Å². The van der Waals surface area contributed by atoms with Gasteiger partial charge >= 0.3 is 18.4 Å². The van der Waals surface area contributed by atoms with E-state index in [2.05, 4.69) is 15.0 Å². The van der Waals surface area contributed by atoms with E-state index in [1.54, 1.807) is 13.8 Å². The number of halogens is 4. The molecule has 11 nitrogen and oxygen atoms in total. The van der Waals surface area contributed by atoms with Crippen LogP contribution in [0.5, 0.6) is 0 Å². The van der Waals surface area contributed by atoms with Crippen molar-refractivity contribution in [3.8, 4) is 0 Å². The molecular weight excluding hydrogens is 473 g/mol. The number of carboxylic acid groups (broad SMARTS) is 1. The molecule has 0 aliphatic carbocycles. The first-order valence-corrected chi connectivity index (χ1v) is 9.54. The number of hydrogen-bond acceptors (Lipinski definition) is 7. The van der Waals surface area contributed by atoms with Crippen LogP contribution in [-0.4, -0.2) is 52.3 Å². The zero-order chi connectivity index (χ0) is 24.9. The molecule has 15 heteroatoms. The van der Waals surface area contributed by atoms with Gasteiger partial charge in [0.25, 0.3) is 0 Å². The lowest BCUT2D eigenvalue weighted by Crippen LogP contribution is -2.56. The minimum Gasteiger partial charge on any atom is -0.449 e. The van der Waals surface area contributed by atoms with Gasteiger partial charge < -0.3 is 26.6 Å². The number of primary amides is 1. The van der Waals surface area contributed by atoms with Crippen LogP contribution in [0.3, 0.4) is 0 Å². The first kappa shape index (κ1) is 24.1. The fourth-order valence-electron chi connectivity index (χ4n) is 3.31. The highest BCUT2D eigenvalue weighted by molar-refractivity contribution is 6.37. The predicted octanol–water partition coefficient (Wildman–Crippen LogP) is 2.26. The van der Waals surface area contributed by atoms with Gasteiger partial charge in [0.05, 0.1) is 40.1 Å². The Hall–Kier alpha value is -3.52. The number of nitrogens with one attached hydrogen (secondary N) is 1. The van der Waals surface area contributed by atoms with Crippen LogP contribution in [0.15, 0.2) is 29.1 Å². The van der Waals surface area contributed by atoms with Crippen LogP contribution in [0.2, 0.25) is 5.02 Å². The minimum absolute atomic E-state index is 0.0239. The average Bonchev–Trinajstić information content (AvgIpc) is 2.94. The van der Waals surface area contributed by atoms with Crippen LogP contribution in [0.25, 0.3) is 0 Å². The van der Waals surface area contributed by atoms with Gasteiger partial charge in [-0.1, -0.05) is 11.6 Å². The molecule has 1 aromatic carbocycles. The van der Waals surface area contributed by atoms with E-state index in [9.17, 15) is 27.6 Å². The van der Waals surface area contributed by atoms with Crippen LogP contribution < -0.4 is 21.7 Å². The Morgan fingerprint density at radius 1 is 1.36 bits per heavy atom. The van der Waals surface area contributed by atoms with Gasteiger partial charge in [-0.25, -0.2) is 14.6 Å². The van der Waals surface area contributed by atoms with Crippen molar-refractivity contribution in [2.45, 2.75) is 31.7 Å². The van der Waals surface area contributed by atoms with E-state index in [0.29, 0.717) is 12.1 Å². The zero-order valence-corrected chi connectivity index (χ0v) is 17.9. The highest BCUT2D eigenvalue weighted by Gasteiger charge is 2.44. The Kier molecular flexibility index (Phi) is 5.93. The summed E-state index contributed by atoms with van der Waals surface area (Å²) in [5.41, 5.74) is 8.11. The molecule has 33 heavy (non-hydrogen) atoms. The first-order chi connectivity index (χ1) is 15.1. The molecule has 3 amide bonds. The highest BCUT2D eigenvalue weighted by atomic mass is 35.5. The van der Waals surface area contributed by atoms with E-state index in [1.807, 2.05) is 0 Å². The summed E-state index contributed by atoms with van der Waals surface area (Å²) in [4.78, 5) is 41.3. The standard InChI is InChI=1S/C18H18ClF3N6O5/c1-17(2)6-27(15(30)26-17)14-25-5-10(33-16(31)32)12(23)28(14)9-4-7(18(20,21)22)3-8(11(9)19)13(24)29/h3-5,12H,6,23H2,1-2H3,(H2,24,29)(H,26,30)(H,31,32). The fourth-order valence-corrected chi connectivity index (χ4v) is 3.60. The van der Waals surface area contributed by atoms with Gasteiger partial charge in [-0.3, -0.25) is 14.6 Å². The average molecular weight is 491 g/mol. The molecule has 0 aromatic heterocycles. The lowest BCUT2D eigenvalue weighted by atomic mass is 10.1. The monoisotopic (exact) mass is 490 g/mol. The van der Waals surface area contributed by atoms with Crippen molar-refractivity contribution in [2.24, 2.45) is 16.5 Å². The number of guanidine groups is 1. The molecule has 2 aliphatic heterocycles. The van der Waals surface area contributed by atoms with Crippen molar-refractivity contribution in [1.82, 2.24) is 10.2 Å². The number of nitrogens with two attached hydrogens (primary N) is 2. The van der Waals surface area contributed by atoms with Gasteiger partial charge in [-0.15, -0.1) is 0 Å². The number of rotatable bonds is 3. The Balaban J connectivity index is 2.25. The lowest BCUT2D eigenvalue weighted by molar-refractivity contribution is -0.137. The summed E-state index contributed by atoms with van der Waals surface area (Å²) in [5.74, 6) is -2.01. The van der Waals surface area contributed by atoms with Gasteiger partial charge in [-0.05, 0) is 26.0 Å². The molecule has 2 aliphatic rings. The zero-order valence-electron chi connectivity index (χ0n) is 17.1. The van der Waals surface area contributed by atoms with Crippen molar-refractivity contribution in [3.05, 3.63) is 40.2 Å². The first-order valence-electron chi connectivity index (χ1n) is 9.16. The summed E-state index contributed by atoms with van der Waals surface area (Å²) in [6.07, 6.45) is -7.35. The molecule has 0 radical (unpaired) electrons. The molecule has 3 rings (SSSR count). The van der Waals surface area contributed by atoms with E-state index >= 15 is 0 Å². The molecule has 0 saturated carbocycles. The lowest BCUT2D eigenvalue weighted by Gasteiger charge is -2.37. The van der Waals surface area contributed by atoms with Gasteiger partial charge in [0.15, 0.2) is 5.76 Å². The van der Waals surface area contributed by atoms with E-state index in [-0.39, 0.29) is 12.5 Å². The maximum absolute atomic E-state index is 13.6. The van der Waals surface area contributed by atoms with E-state index in [4.69, 9.17) is 28.2 Å². The highest BCUT2D eigenvalue weighted by Crippen LogP contribution is 2.40. The summed E-state index contributed by atoms with van der Waals surface area (Å²) in [6.45, 7) is 3.40. The number of alkyl halides is 3. The van der Waals surface area contributed by atoms with Crippen molar-refractivity contribution in [1.29, 1.82) is 0 Å². The number of carbonyl (C=O) groups is 3. The molecule has 1 aromatic rings. The number of ether oxygens (including phenoxy) is 1. The third kappa shape index (κ3) is 4.66. The van der Waals surface area contributed by atoms with Crippen molar-refractivity contribution in [2.75, 3.05) is 11.4 Å². The van der Waals surface area contributed by atoms with Crippen LogP contribution in [0.1, 0.15) is 29.8 Å². The quantitative estimate of drug-likeness (QED) is 0.472. The van der Waals surface area contributed by atoms with E-state index in [0.717, 1.165) is 16.0 Å². The second-order valence-corrected chi connectivity index (χ2v) is 8.14. The van der Waals surface area contributed by atoms with Crippen LogP contribution in [-0.2, 0) is 10.9 Å². The topological polar surface area (TPSA) is 164 Å².